The van der Waals surface area contributed by atoms with Crippen molar-refractivity contribution in [3.63, 3.8) is 0 Å². The Hall–Kier alpha value is -1.06. The summed E-state index contributed by atoms with van der Waals surface area (Å²) in [5.74, 6) is 5.09. The highest BCUT2D eigenvalue weighted by Crippen LogP contribution is 2.00. The molecule has 0 rings (SSSR count). The van der Waals surface area contributed by atoms with Crippen molar-refractivity contribution in [1.29, 1.82) is 0 Å². The van der Waals surface area contributed by atoms with Crippen molar-refractivity contribution >= 4 is 11.7 Å². The van der Waals surface area contributed by atoms with Gasteiger partial charge in [-0.3, -0.25) is 0 Å². The zero-order valence-corrected chi connectivity index (χ0v) is 7.88. The van der Waals surface area contributed by atoms with Gasteiger partial charge in [-0.1, -0.05) is 19.8 Å². The second-order valence-corrected chi connectivity index (χ2v) is 2.79. The SMILES string of the molecule is CCCCCC(C)=NC(N)=NN. The molecule has 0 fully saturated rings. The number of nitrogens with two attached hydrogens (primary N) is 2. The van der Waals surface area contributed by atoms with Gasteiger partial charge < -0.3 is 11.6 Å². The number of aliphatic imine (C=N–C) groups is 1. The molecule has 0 saturated heterocycles. The maximum Gasteiger partial charge on any atom is 0.236 e. The Morgan fingerprint density at radius 1 is 1.33 bits per heavy atom. The lowest BCUT2D eigenvalue weighted by molar-refractivity contribution is 0.741. The Morgan fingerprint density at radius 2 is 2.00 bits per heavy atom. The molecule has 70 valence electrons. The highest BCUT2D eigenvalue weighted by molar-refractivity contribution is 5.94. The Labute approximate surface area is 73.7 Å². The van der Waals surface area contributed by atoms with Gasteiger partial charge in [-0.05, 0) is 19.8 Å². The van der Waals surface area contributed by atoms with E-state index < -0.39 is 0 Å². The highest BCUT2D eigenvalue weighted by atomic mass is 15.2. The van der Waals surface area contributed by atoms with Crippen molar-refractivity contribution in [1.82, 2.24) is 0 Å². The van der Waals surface area contributed by atoms with E-state index in [0.717, 1.165) is 18.6 Å². The molecular formula is C8H18N4. The molecule has 0 bridgehead atoms. The van der Waals surface area contributed by atoms with E-state index in [1.807, 2.05) is 6.92 Å². The quantitative estimate of drug-likeness (QED) is 0.219. The molecule has 0 heterocycles. The Morgan fingerprint density at radius 3 is 2.50 bits per heavy atom. The molecule has 12 heavy (non-hydrogen) atoms. The fraction of sp³-hybridized carbons (Fsp3) is 0.750. The van der Waals surface area contributed by atoms with Crippen LogP contribution < -0.4 is 11.6 Å². The summed E-state index contributed by atoms with van der Waals surface area (Å²) in [6.07, 6.45) is 4.58. The molecule has 0 spiro atoms. The van der Waals surface area contributed by atoms with Crippen LogP contribution in [-0.4, -0.2) is 11.7 Å². The van der Waals surface area contributed by atoms with E-state index in [9.17, 15) is 0 Å². The molecule has 4 nitrogen and oxygen atoms in total. The maximum atomic E-state index is 5.32. The molecule has 4 heteroatoms. The first-order chi connectivity index (χ1) is 5.70. The molecule has 0 unspecified atom stereocenters. The van der Waals surface area contributed by atoms with E-state index in [0.29, 0.717) is 0 Å². The lowest BCUT2D eigenvalue weighted by Crippen LogP contribution is -2.13. The summed E-state index contributed by atoms with van der Waals surface area (Å²) in [6.45, 7) is 4.11. The first-order valence-electron chi connectivity index (χ1n) is 4.28. The van der Waals surface area contributed by atoms with Gasteiger partial charge in [-0.15, -0.1) is 5.10 Å². The van der Waals surface area contributed by atoms with Gasteiger partial charge in [0, 0.05) is 5.71 Å². The third-order valence-corrected chi connectivity index (χ3v) is 1.58. The largest absolute Gasteiger partial charge is 0.367 e. The average Bonchev–Trinajstić information content (AvgIpc) is 2.05. The van der Waals surface area contributed by atoms with Crippen molar-refractivity contribution in [2.45, 2.75) is 39.5 Å². The number of guanidine groups is 1. The molecular weight excluding hydrogens is 152 g/mol. The van der Waals surface area contributed by atoms with E-state index in [4.69, 9.17) is 11.6 Å². The van der Waals surface area contributed by atoms with E-state index in [1.165, 1.54) is 12.8 Å². The van der Waals surface area contributed by atoms with E-state index >= 15 is 0 Å². The van der Waals surface area contributed by atoms with Gasteiger partial charge in [0.2, 0.25) is 5.96 Å². The van der Waals surface area contributed by atoms with Gasteiger partial charge in [-0.2, -0.15) is 0 Å². The summed E-state index contributed by atoms with van der Waals surface area (Å²) in [5.41, 5.74) is 6.31. The topological polar surface area (TPSA) is 76.8 Å². The first-order valence-corrected chi connectivity index (χ1v) is 4.28. The smallest absolute Gasteiger partial charge is 0.236 e. The molecule has 0 aromatic carbocycles. The number of nitrogens with zero attached hydrogens (tertiary/aromatic N) is 2. The Balaban J connectivity index is 3.70. The molecule has 0 aliphatic carbocycles. The summed E-state index contributed by atoms with van der Waals surface area (Å²) < 4.78 is 0. The summed E-state index contributed by atoms with van der Waals surface area (Å²) >= 11 is 0. The molecule has 0 aliphatic heterocycles. The van der Waals surface area contributed by atoms with Gasteiger partial charge in [0.15, 0.2) is 0 Å². The third-order valence-electron chi connectivity index (χ3n) is 1.58. The standard InChI is InChI=1S/C8H18N4/c1-3-4-5-6-7(2)11-8(9)12-10/h3-6,10H2,1-2H3,(H2,9,12). The van der Waals surface area contributed by atoms with Crippen molar-refractivity contribution in [2.24, 2.45) is 21.7 Å². The minimum atomic E-state index is 0.156. The predicted molar refractivity (Wildman–Crippen MR) is 53.1 cm³/mol. The van der Waals surface area contributed by atoms with Gasteiger partial charge in [0.05, 0.1) is 0 Å². The van der Waals surface area contributed by atoms with Crippen LogP contribution in [0.25, 0.3) is 0 Å². The summed E-state index contributed by atoms with van der Waals surface area (Å²) in [5, 5.41) is 3.26. The van der Waals surface area contributed by atoms with Crippen molar-refractivity contribution < 1.29 is 0 Å². The van der Waals surface area contributed by atoms with Gasteiger partial charge in [0.25, 0.3) is 0 Å². The Bertz CT molecular complexity index is 172. The van der Waals surface area contributed by atoms with Gasteiger partial charge >= 0.3 is 0 Å². The summed E-state index contributed by atoms with van der Waals surface area (Å²) in [4.78, 5) is 3.99. The van der Waals surface area contributed by atoms with E-state index in [-0.39, 0.29) is 5.96 Å². The lowest BCUT2D eigenvalue weighted by atomic mass is 10.1. The van der Waals surface area contributed by atoms with Crippen LogP contribution >= 0.6 is 0 Å². The van der Waals surface area contributed by atoms with Crippen LogP contribution in [0.3, 0.4) is 0 Å². The molecule has 0 atom stereocenters. The molecule has 0 aromatic rings. The number of rotatable bonds is 4. The first kappa shape index (κ1) is 10.9. The van der Waals surface area contributed by atoms with Crippen LogP contribution in [0, 0.1) is 0 Å². The zero-order valence-electron chi connectivity index (χ0n) is 7.88. The predicted octanol–water partition coefficient (Wildman–Crippen LogP) is 1.22. The third kappa shape index (κ3) is 5.70. The second kappa shape index (κ2) is 6.64. The maximum absolute atomic E-state index is 5.32. The number of unbranched alkanes of at least 4 members (excludes halogenated alkanes) is 2. The van der Waals surface area contributed by atoms with Crippen LogP contribution in [0.2, 0.25) is 0 Å². The minimum absolute atomic E-state index is 0.156. The second-order valence-electron chi connectivity index (χ2n) is 2.79. The normalized spacial score (nSPS) is 13.5. The van der Waals surface area contributed by atoms with Crippen LogP contribution in [-0.2, 0) is 0 Å². The summed E-state index contributed by atoms with van der Waals surface area (Å²) in [6, 6.07) is 0. The number of hydrogen-bond acceptors (Lipinski definition) is 2. The van der Waals surface area contributed by atoms with Crippen LogP contribution in [0.4, 0.5) is 0 Å². The van der Waals surface area contributed by atoms with E-state index in [2.05, 4.69) is 17.0 Å². The average molecular weight is 170 g/mol. The molecule has 0 aliphatic rings. The van der Waals surface area contributed by atoms with Crippen molar-refractivity contribution in [2.75, 3.05) is 0 Å². The highest BCUT2D eigenvalue weighted by Gasteiger charge is 1.92. The fourth-order valence-electron chi connectivity index (χ4n) is 0.911. The van der Waals surface area contributed by atoms with Gasteiger partial charge in [0.1, 0.15) is 0 Å². The molecule has 0 saturated carbocycles. The molecule has 0 radical (unpaired) electrons. The fourth-order valence-corrected chi connectivity index (χ4v) is 0.911. The minimum Gasteiger partial charge on any atom is -0.367 e. The van der Waals surface area contributed by atoms with Crippen molar-refractivity contribution in [3.05, 3.63) is 0 Å². The van der Waals surface area contributed by atoms with Crippen LogP contribution in [0.1, 0.15) is 39.5 Å². The number of hydrazone groups is 1. The monoisotopic (exact) mass is 170 g/mol. The van der Waals surface area contributed by atoms with Crippen LogP contribution in [0.15, 0.2) is 10.1 Å². The van der Waals surface area contributed by atoms with Gasteiger partial charge in [-0.25, -0.2) is 4.99 Å². The lowest BCUT2D eigenvalue weighted by Gasteiger charge is -1.98. The molecule has 0 amide bonds. The van der Waals surface area contributed by atoms with Crippen LogP contribution in [0.5, 0.6) is 0 Å². The molecule has 4 N–H and O–H groups in total. The zero-order chi connectivity index (χ0) is 9.40. The van der Waals surface area contributed by atoms with Crippen molar-refractivity contribution in [3.8, 4) is 0 Å². The Kier molecular flexibility index (Phi) is 6.05. The van der Waals surface area contributed by atoms with E-state index in [1.54, 1.807) is 0 Å². The molecule has 0 aromatic heterocycles. The summed E-state index contributed by atoms with van der Waals surface area (Å²) in [7, 11) is 0. The number of hydrogen-bond donors (Lipinski definition) is 2.